The number of carbonyl (C=O) groups is 1. The van der Waals surface area contributed by atoms with Crippen LogP contribution in [-0.2, 0) is 26.3 Å². The minimum atomic E-state index is -4.37. The molecule has 0 unspecified atom stereocenters. The van der Waals surface area contributed by atoms with Crippen LogP contribution >= 0.6 is 0 Å². The maximum atomic E-state index is 13.1. The Balaban J connectivity index is 0.000000307. The molecule has 8 heteroatoms. The fourth-order valence-corrected chi connectivity index (χ4v) is 3.89. The van der Waals surface area contributed by atoms with Crippen LogP contribution < -0.4 is 0 Å². The van der Waals surface area contributed by atoms with Crippen LogP contribution in [0.3, 0.4) is 0 Å². The van der Waals surface area contributed by atoms with Crippen LogP contribution in [0.4, 0.5) is 13.2 Å². The number of hydrogen-bond donors (Lipinski definition) is 1. The first-order valence-corrected chi connectivity index (χ1v) is 10.7. The third kappa shape index (κ3) is 5.96. The van der Waals surface area contributed by atoms with E-state index in [9.17, 15) is 18.0 Å². The van der Waals surface area contributed by atoms with E-state index >= 15 is 0 Å². The van der Waals surface area contributed by atoms with Crippen LogP contribution in [0.15, 0.2) is 79.1 Å². The number of alkyl halides is 3. The Morgan fingerprint density at radius 2 is 1.61 bits per heavy atom. The number of aromatic nitrogens is 2. The zero-order valence-electron chi connectivity index (χ0n) is 19.2. The van der Waals surface area contributed by atoms with Gasteiger partial charge in [-0.05, 0) is 57.6 Å². The molecule has 0 aliphatic rings. The van der Waals surface area contributed by atoms with Crippen molar-refractivity contribution >= 4 is 27.5 Å². The maximum Gasteiger partial charge on any atom is 0.416 e. The van der Waals surface area contributed by atoms with Gasteiger partial charge in [0.25, 0.3) is 0 Å². The molecule has 5 aromatic rings. The summed E-state index contributed by atoms with van der Waals surface area (Å²) in [7, 11) is 0. The number of nitrogens with zero attached hydrogens (tertiary/aromatic N) is 2. The summed E-state index contributed by atoms with van der Waals surface area (Å²) in [6.45, 7) is 3.97. The molecule has 0 atom stereocenters. The minimum absolute atomic E-state index is 0. The Labute approximate surface area is 219 Å². The molecule has 0 fully saturated rings. The fourth-order valence-electron chi connectivity index (χ4n) is 3.89. The number of carboxylic acids is 1. The molecule has 0 spiro atoms. The predicted molar refractivity (Wildman–Crippen MR) is 129 cm³/mol. The van der Waals surface area contributed by atoms with Gasteiger partial charge in [-0.1, -0.05) is 38.1 Å². The number of rotatable bonds is 2. The molecule has 5 rings (SSSR count). The van der Waals surface area contributed by atoms with Gasteiger partial charge in [-0.2, -0.15) is 13.2 Å². The van der Waals surface area contributed by atoms with E-state index in [4.69, 9.17) is 5.11 Å². The Morgan fingerprint density at radius 1 is 0.861 bits per heavy atom. The van der Waals surface area contributed by atoms with Gasteiger partial charge in [-0.15, -0.1) is 34.9 Å². The van der Waals surface area contributed by atoms with E-state index in [0.717, 1.165) is 44.6 Å². The van der Waals surface area contributed by atoms with E-state index < -0.39 is 17.7 Å². The van der Waals surface area contributed by atoms with Crippen molar-refractivity contribution in [1.29, 1.82) is 0 Å². The van der Waals surface area contributed by atoms with E-state index in [0.29, 0.717) is 5.39 Å². The molecule has 1 N–H and O–H groups in total. The summed E-state index contributed by atoms with van der Waals surface area (Å²) in [6.07, 6.45) is -1.28. The van der Waals surface area contributed by atoms with Gasteiger partial charge < -0.3 is 10.1 Å². The van der Waals surface area contributed by atoms with Crippen molar-refractivity contribution in [3.05, 3.63) is 108 Å². The Bertz CT molecular complexity index is 1520. The molecule has 36 heavy (non-hydrogen) atoms. The Kier molecular flexibility index (Phi) is 8.23. The molecule has 0 aliphatic heterocycles. The van der Waals surface area contributed by atoms with Crippen LogP contribution in [-0.4, -0.2) is 21.0 Å². The van der Waals surface area contributed by atoms with E-state index in [1.165, 1.54) is 24.4 Å². The van der Waals surface area contributed by atoms with Gasteiger partial charge >= 0.3 is 12.1 Å². The molecule has 2 heterocycles. The molecule has 0 aliphatic carbocycles. The molecule has 2 aromatic heterocycles. The topological polar surface area (TPSA) is 63.1 Å². The number of benzene rings is 3. The summed E-state index contributed by atoms with van der Waals surface area (Å²) < 4.78 is 39.4. The van der Waals surface area contributed by atoms with E-state index in [-0.39, 0.29) is 25.8 Å². The molecule has 1 radical (unpaired) electrons. The summed E-state index contributed by atoms with van der Waals surface area (Å²) >= 11 is 0. The van der Waals surface area contributed by atoms with Crippen molar-refractivity contribution in [1.82, 2.24) is 9.97 Å². The second-order valence-corrected chi connectivity index (χ2v) is 8.03. The molecule has 185 valence electrons. The maximum absolute atomic E-state index is 13.1. The van der Waals surface area contributed by atoms with Crippen LogP contribution in [0, 0.1) is 19.9 Å². The van der Waals surface area contributed by atoms with Crippen LogP contribution in [0.25, 0.3) is 32.8 Å². The molecule has 0 saturated carbocycles. The number of carboxylic acid groups (broad SMARTS) is 1. The SMILES string of the molecule is Cc1[c-]c(-c2nccc3c2ccc2ccc(C(F)(F)F)cc23)cc(C)c1.O=C(O)c1ccccn1.[Ir]. The van der Waals surface area contributed by atoms with Gasteiger partial charge in [-0.25, -0.2) is 9.78 Å². The number of hydrogen-bond acceptors (Lipinski definition) is 3. The number of aromatic carboxylic acids is 1. The quantitative estimate of drug-likeness (QED) is 0.159. The molecular formula is C28H20F3IrN2O2-. The van der Waals surface area contributed by atoms with E-state index in [1.807, 2.05) is 38.1 Å². The molecule has 4 nitrogen and oxygen atoms in total. The first kappa shape index (κ1) is 27.0. The van der Waals surface area contributed by atoms with E-state index in [1.54, 1.807) is 24.4 Å². The summed E-state index contributed by atoms with van der Waals surface area (Å²) in [5.74, 6) is -0.990. The predicted octanol–water partition coefficient (Wildman–Crippen LogP) is 7.27. The second kappa shape index (κ2) is 11.0. The Morgan fingerprint density at radius 3 is 2.22 bits per heavy atom. The third-order valence-corrected chi connectivity index (χ3v) is 5.38. The number of pyridine rings is 2. The van der Waals surface area contributed by atoms with Crippen LogP contribution in [0.1, 0.15) is 27.2 Å². The van der Waals surface area contributed by atoms with Crippen molar-refractivity contribution in [2.24, 2.45) is 0 Å². The minimum Gasteiger partial charge on any atom is -0.477 e. The monoisotopic (exact) mass is 666 g/mol. The van der Waals surface area contributed by atoms with Crippen molar-refractivity contribution in [3.8, 4) is 11.3 Å². The number of halogens is 3. The third-order valence-electron chi connectivity index (χ3n) is 5.38. The van der Waals surface area contributed by atoms with Gasteiger partial charge in [-0.3, -0.25) is 0 Å². The van der Waals surface area contributed by atoms with Crippen molar-refractivity contribution in [2.45, 2.75) is 20.0 Å². The van der Waals surface area contributed by atoms with Gasteiger partial charge in [0.1, 0.15) is 5.69 Å². The zero-order valence-corrected chi connectivity index (χ0v) is 21.6. The number of aryl methyl sites for hydroxylation is 2. The smallest absolute Gasteiger partial charge is 0.416 e. The van der Waals surface area contributed by atoms with Crippen LogP contribution in [0.5, 0.6) is 0 Å². The molecule has 3 aromatic carbocycles. The summed E-state index contributed by atoms with van der Waals surface area (Å²) in [5.41, 5.74) is 3.11. The summed E-state index contributed by atoms with van der Waals surface area (Å²) in [6, 6.07) is 21.4. The van der Waals surface area contributed by atoms with Gasteiger partial charge in [0.15, 0.2) is 0 Å². The first-order valence-electron chi connectivity index (χ1n) is 10.7. The fraction of sp³-hybridized carbons (Fsp3) is 0.107. The normalized spacial score (nSPS) is 10.9. The second-order valence-electron chi connectivity index (χ2n) is 8.03. The average molecular weight is 666 g/mol. The summed E-state index contributed by atoms with van der Waals surface area (Å²) in [5, 5.41) is 11.2. The molecule has 0 saturated heterocycles. The number of fused-ring (bicyclic) bond motifs is 3. The molecular weight excluding hydrogens is 646 g/mol. The van der Waals surface area contributed by atoms with Gasteiger partial charge in [0.2, 0.25) is 0 Å². The van der Waals surface area contributed by atoms with Crippen molar-refractivity contribution in [3.63, 3.8) is 0 Å². The van der Waals surface area contributed by atoms with Crippen molar-refractivity contribution < 1.29 is 43.2 Å². The van der Waals surface area contributed by atoms with Crippen molar-refractivity contribution in [2.75, 3.05) is 0 Å². The van der Waals surface area contributed by atoms with E-state index in [2.05, 4.69) is 16.0 Å². The average Bonchev–Trinajstić information content (AvgIpc) is 2.83. The van der Waals surface area contributed by atoms with Gasteiger partial charge in [0.05, 0.1) is 5.56 Å². The standard InChI is InChI=1S/C22H15F3N.C6H5NO2.Ir/c1-13-9-14(2)11-16(10-13)21-19-6-4-15-3-5-17(22(23,24)25)12-20(15)18(19)7-8-26-21;8-6(9)5-3-1-2-4-7-5;/h3-10,12H,1-2H3;1-4H,(H,8,9);/q-1;;. The summed E-state index contributed by atoms with van der Waals surface area (Å²) in [4.78, 5) is 18.2. The molecule has 0 amide bonds. The molecule has 0 bridgehead atoms. The zero-order chi connectivity index (χ0) is 25.2. The van der Waals surface area contributed by atoms with Gasteiger partial charge in [0, 0.05) is 32.5 Å². The van der Waals surface area contributed by atoms with Crippen LogP contribution in [0.2, 0.25) is 0 Å². The first-order chi connectivity index (χ1) is 16.6. The Hall–Kier alpha value is -3.61. The largest absolute Gasteiger partial charge is 0.477 e.